The van der Waals surface area contributed by atoms with Gasteiger partial charge in [-0.2, -0.15) is 4.98 Å². The number of fused-ring (bicyclic) bond motifs is 1. The molecule has 4 rings (SSSR count). The standard InChI is InChI=1S/C19H18N4O2/c1-2-25-17-11-20-10-16(22-17)23-19(24)18-14(12-7-8-12)9-13-5-3-4-6-15(13)21-18/h3-6,9-12H,2,7-8H2,1H3,(H,22,23,24). The van der Waals surface area contributed by atoms with Crippen LogP contribution in [0.4, 0.5) is 5.82 Å². The molecule has 1 aromatic carbocycles. The number of nitrogens with one attached hydrogen (secondary N) is 1. The van der Waals surface area contributed by atoms with Gasteiger partial charge in [-0.25, -0.2) is 4.98 Å². The third kappa shape index (κ3) is 3.28. The number of hydrogen-bond acceptors (Lipinski definition) is 5. The van der Waals surface area contributed by atoms with Gasteiger partial charge in [0.1, 0.15) is 5.69 Å². The van der Waals surface area contributed by atoms with Crippen LogP contribution < -0.4 is 10.1 Å². The van der Waals surface area contributed by atoms with Gasteiger partial charge >= 0.3 is 0 Å². The maximum Gasteiger partial charge on any atom is 0.275 e. The third-order valence-corrected chi connectivity index (χ3v) is 4.13. The molecule has 2 heterocycles. The zero-order valence-corrected chi connectivity index (χ0v) is 13.9. The summed E-state index contributed by atoms with van der Waals surface area (Å²) >= 11 is 0. The van der Waals surface area contributed by atoms with Crippen molar-refractivity contribution in [1.82, 2.24) is 15.0 Å². The van der Waals surface area contributed by atoms with E-state index in [2.05, 4.69) is 26.3 Å². The van der Waals surface area contributed by atoms with Crippen LogP contribution in [0.2, 0.25) is 0 Å². The van der Waals surface area contributed by atoms with Gasteiger partial charge in [-0.1, -0.05) is 18.2 Å². The fraction of sp³-hybridized carbons (Fsp3) is 0.263. The van der Waals surface area contributed by atoms with Crippen LogP contribution in [0.1, 0.15) is 41.7 Å². The Kier molecular flexibility index (Phi) is 4.01. The van der Waals surface area contributed by atoms with Crippen molar-refractivity contribution in [2.75, 3.05) is 11.9 Å². The number of pyridine rings is 1. The molecule has 0 spiro atoms. The smallest absolute Gasteiger partial charge is 0.275 e. The highest BCUT2D eigenvalue weighted by atomic mass is 16.5. The Balaban J connectivity index is 1.67. The summed E-state index contributed by atoms with van der Waals surface area (Å²) in [6.07, 6.45) is 5.21. The molecule has 0 atom stereocenters. The Morgan fingerprint density at radius 2 is 2.08 bits per heavy atom. The predicted octanol–water partition coefficient (Wildman–Crippen LogP) is 3.55. The van der Waals surface area contributed by atoms with Gasteiger partial charge in [0.2, 0.25) is 5.88 Å². The molecule has 1 aliphatic carbocycles. The molecular formula is C19H18N4O2. The molecule has 1 N–H and O–H groups in total. The first-order chi connectivity index (χ1) is 12.2. The van der Waals surface area contributed by atoms with Crippen molar-refractivity contribution in [2.24, 2.45) is 0 Å². The van der Waals surface area contributed by atoms with Gasteiger partial charge in [-0.05, 0) is 43.4 Å². The highest BCUT2D eigenvalue weighted by Crippen LogP contribution is 2.42. The first kappa shape index (κ1) is 15.5. The van der Waals surface area contributed by atoms with Crippen molar-refractivity contribution in [1.29, 1.82) is 0 Å². The summed E-state index contributed by atoms with van der Waals surface area (Å²) < 4.78 is 5.32. The number of amides is 1. The van der Waals surface area contributed by atoms with E-state index in [0.29, 0.717) is 29.9 Å². The van der Waals surface area contributed by atoms with Crippen molar-refractivity contribution < 1.29 is 9.53 Å². The number of aromatic nitrogens is 3. The molecule has 6 nitrogen and oxygen atoms in total. The Morgan fingerprint density at radius 3 is 2.88 bits per heavy atom. The summed E-state index contributed by atoms with van der Waals surface area (Å²) in [5, 5.41) is 3.84. The molecule has 2 aromatic heterocycles. The molecule has 0 aliphatic heterocycles. The fourth-order valence-electron chi connectivity index (χ4n) is 2.82. The molecule has 126 valence electrons. The lowest BCUT2D eigenvalue weighted by atomic mass is 10.0. The summed E-state index contributed by atoms with van der Waals surface area (Å²) in [5.74, 6) is 0.885. The van der Waals surface area contributed by atoms with Crippen molar-refractivity contribution in [3.63, 3.8) is 0 Å². The SMILES string of the molecule is CCOc1cncc(NC(=O)c2nc3ccccc3cc2C2CC2)n1. The molecule has 1 amide bonds. The van der Waals surface area contributed by atoms with Gasteiger partial charge in [0.15, 0.2) is 5.82 Å². The van der Waals surface area contributed by atoms with Crippen molar-refractivity contribution in [3.8, 4) is 5.88 Å². The quantitative estimate of drug-likeness (QED) is 0.772. The summed E-state index contributed by atoms with van der Waals surface area (Å²) in [6.45, 7) is 2.36. The van der Waals surface area contributed by atoms with Crippen molar-refractivity contribution in [3.05, 3.63) is 54.0 Å². The zero-order chi connectivity index (χ0) is 17.2. The van der Waals surface area contributed by atoms with E-state index < -0.39 is 0 Å². The molecule has 1 saturated carbocycles. The van der Waals surface area contributed by atoms with Crippen LogP contribution in [0, 0.1) is 0 Å². The first-order valence-corrected chi connectivity index (χ1v) is 8.40. The van der Waals surface area contributed by atoms with Gasteiger partial charge < -0.3 is 10.1 Å². The minimum absolute atomic E-state index is 0.268. The highest BCUT2D eigenvalue weighted by molar-refractivity contribution is 6.05. The molecule has 1 aliphatic rings. The van der Waals surface area contributed by atoms with Gasteiger partial charge in [-0.15, -0.1) is 0 Å². The molecule has 25 heavy (non-hydrogen) atoms. The largest absolute Gasteiger partial charge is 0.477 e. The van der Waals surface area contributed by atoms with Crippen LogP contribution in [0.3, 0.4) is 0 Å². The lowest BCUT2D eigenvalue weighted by Crippen LogP contribution is -2.17. The van der Waals surface area contributed by atoms with Crippen LogP contribution >= 0.6 is 0 Å². The van der Waals surface area contributed by atoms with Crippen LogP contribution in [0.5, 0.6) is 5.88 Å². The average molecular weight is 334 g/mol. The van der Waals surface area contributed by atoms with E-state index in [0.717, 1.165) is 29.3 Å². The minimum atomic E-state index is -0.268. The summed E-state index contributed by atoms with van der Waals surface area (Å²) in [7, 11) is 0. The number of para-hydroxylation sites is 1. The van der Waals surface area contributed by atoms with E-state index in [-0.39, 0.29) is 5.91 Å². The van der Waals surface area contributed by atoms with Crippen LogP contribution in [0.25, 0.3) is 10.9 Å². The number of rotatable bonds is 5. The highest BCUT2D eigenvalue weighted by Gasteiger charge is 2.29. The van der Waals surface area contributed by atoms with Gasteiger partial charge in [-0.3, -0.25) is 9.78 Å². The predicted molar refractivity (Wildman–Crippen MR) is 94.9 cm³/mol. The maximum absolute atomic E-state index is 12.8. The minimum Gasteiger partial charge on any atom is -0.477 e. The second kappa shape index (κ2) is 6.47. The van der Waals surface area contributed by atoms with Gasteiger partial charge in [0.25, 0.3) is 5.91 Å². The number of anilines is 1. The number of ether oxygens (including phenoxy) is 1. The Hall–Kier alpha value is -3.02. The summed E-state index contributed by atoms with van der Waals surface area (Å²) in [5.41, 5.74) is 2.28. The monoisotopic (exact) mass is 334 g/mol. The molecule has 0 saturated heterocycles. The molecule has 1 fully saturated rings. The molecular weight excluding hydrogens is 316 g/mol. The van der Waals surface area contributed by atoms with Crippen LogP contribution in [-0.4, -0.2) is 27.5 Å². The molecule has 0 bridgehead atoms. The van der Waals surface area contributed by atoms with E-state index in [1.807, 2.05) is 31.2 Å². The van der Waals surface area contributed by atoms with Crippen molar-refractivity contribution >= 4 is 22.6 Å². The average Bonchev–Trinajstić information content (AvgIpc) is 3.46. The van der Waals surface area contributed by atoms with E-state index in [1.165, 1.54) is 12.4 Å². The normalized spacial score (nSPS) is 13.6. The number of hydrogen-bond donors (Lipinski definition) is 1. The number of carbonyl (C=O) groups is 1. The van der Waals surface area contributed by atoms with Gasteiger partial charge in [0, 0.05) is 5.39 Å². The zero-order valence-electron chi connectivity index (χ0n) is 13.9. The first-order valence-electron chi connectivity index (χ1n) is 8.40. The van der Waals surface area contributed by atoms with Gasteiger partial charge in [0.05, 0.1) is 24.5 Å². The summed E-state index contributed by atoms with van der Waals surface area (Å²) in [4.78, 5) is 25.7. The fourth-order valence-corrected chi connectivity index (χ4v) is 2.82. The lowest BCUT2D eigenvalue weighted by Gasteiger charge is -2.10. The van der Waals surface area contributed by atoms with Crippen LogP contribution in [-0.2, 0) is 0 Å². The van der Waals surface area contributed by atoms with E-state index in [1.54, 1.807) is 0 Å². The molecule has 6 heteroatoms. The Labute approximate surface area is 145 Å². The number of nitrogens with zero attached hydrogens (tertiary/aromatic N) is 3. The van der Waals surface area contributed by atoms with E-state index >= 15 is 0 Å². The van der Waals surface area contributed by atoms with Crippen molar-refractivity contribution in [2.45, 2.75) is 25.7 Å². The number of carbonyl (C=O) groups excluding carboxylic acids is 1. The Bertz CT molecular complexity index is 938. The Morgan fingerprint density at radius 1 is 1.24 bits per heavy atom. The second-order valence-corrected chi connectivity index (χ2v) is 6.02. The third-order valence-electron chi connectivity index (χ3n) is 4.13. The van der Waals surface area contributed by atoms with E-state index in [4.69, 9.17) is 4.74 Å². The molecule has 3 aromatic rings. The lowest BCUT2D eigenvalue weighted by molar-refractivity contribution is 0.102. The molecule has 0 radical (unpaired) electrons. The second-order valence-electron chi connectivity index (χ2n) is 6.02. The maximum atomic E-state index is 12.8. The molecule has 0 unspecified atom stereocenters. The van der Waals surface area contributed by atoms with Crippen LogP contribution in [0.15, 0.2) is 42.7 Å². The number of benzene rings is 1. The summed E-state index contributed by atoms with van der Waals surface area (Å²) in [6, 6.07) is 9.92. The topological polar surface area (TPSA) is 77.0 Å². The van der Waals surface area contributed by atoms with E-state index in [9.17, 15) is 4.79 Å².